The molecular weight excluding hydrogens is 230 g/mol. The van der Waals surface area contributed by atoms with Crippen molar-refractivity contribution in [2.24, 2.45) is 0 Å². The Labute approximate surface area is 106 Å². The summed E-state index contributed by atoms with van der Waals surface area (Å²) >= 11 is 0. The third-order valence-electron chi connectivity index (χ3n) is 2.61. The molecule has 0 aromatic carbocycles. The lowest BCUT2D eigenvalue weighted by Gasteiger charge is -2.12. The van der Waals surface area contributed by atoms with Crippen LogP contribution in [0, 0.1) is 0 Å². The molecule has 0 spiro atoms. The van der Waals surface area contributed by atoms with Crippen molar-refractivity contribution in [1.29, 1.82) is 0 Å². The lowest BCUT2D eigenvalue weighted by atomic mass is 10.1. The van der Waals surface area contributed by atoms with Gasteiger partial charge in [-0.05, 0) is 6.42 Å². The first-order valence-corrected chi connectivity index (χ1v) is 6.00. The van der Waals surface area contributed by atoms with Crippen molar-refractivity contribution in [1.82, 2.24) is 15.1 Å². The molecule has 0 fully saturated rings. The predicted molar refractivity (Wildman–Crippen MR) is 69.4 cm³/mol. The fourth-order valence-electron chi connectivity index (χ4n) is 1.77. The van der Waals surface area contributed by atoms with Crippen molar-refractivity contribution in [3.63, 3.8) is 0 Å². The summed E-state index contributed by atoms with van der Waals surface area (Å²) < 4.78 is 4.79. The van der Waals surface area contributed by atoms with Crippen LogP contribution in [-0.2, 0) is 13.0 Å². The van der Waals surface area contributed by atoms with E-state index in [1.165, 1.54) is 0 Å². The first kappa shape index (κ1) is 12.3. The van der Waals surface area contributed by atoms with Gasteiger partial charge in [-0.25, -0.2) is 9.97 Å². The van der Waals surface area contributed by atoms with E-state index in [-0.39, 0.29) is 0 Å². The van der Waals surface area contributed by atoms with Crippen LogP contribution in [0.1, 0.15) is 24.6 Å². The summed E-state index contributed by atoms with van der Waals surface area (Å²) in [5.74, 6) is 1.72. The Morgan fingerprint density at radius 2 is 2.11 bits per heavy atom. The van der Waals surface area contributed by atoms with Crippen LogP contribution in [0.5, 0.6) is 0 Å². The zero-order valence-corrected chi connectivity index (χ0v) is 10.6. The van der Waals surface area contributed by atoms with Gasteiger partial charge in [0.05, 0.1) is 6.54 Å². The Kier molecular flexibility index (Phi) is 4.11. The lowest BCUT2D eigenvalue weighted by Crippen LogP contribution is -2.08. The minimum atomic E-state index is 0.591. The van der Waals surface area contributed by atoms with Gasteiger partial charge in [-0.1, -0.05) is 18.5 Å². The van der Waals surface area contributed by atoms with Crippen molar-refractivity contribution in [2.75, 3.05) is 17.7 Å². The van der Waals surface area contributed by atoms with Gasteiger partial charge in [-0.2, -0.15) is 0 Å². The van der Waals surface area contributed by atoms with E-state index in [0.717, 1.165) is 35.7 Å². The van der Waals surface area contributed by atoms with E-state index >= 15 is 0 Å². The van der Waals surface area contributed by atoms with Gasteiger partial charge >= 0.3 is 0 Å². The van der Waals surface area contributed by atoms with Gasteiger partial charge in [0.25, 0.3) is 0 Å². The van der Waals surface area contributed by atoms with Crippen molar-refractivity contribution < 1.29 is 4.52 Å². The molecule has 0 bridgehead atoms. The van der Waals surface area contributed by atoms with Crippen molar-refractivity contribution in [3.05, 3.63) is 29.9 Å². The van der Waals surface area contributed by atoms with Gasteiger partial charge in [0.2, 0.25) is 0 Å². The molecule has 2 aromatic rings. The molecule has 6 nitrogen and oxygen atoms in total. The fraction of sp³-hybridized carbons (Fsp3) is 0.417. The molecule has 0 radical (unpaired) electrons. The minimum Gasteiger partial charge on any atom is -0.373 e. The maximum atomic E-state index is 4.79. The Bertz CT molecular complexity index is 483. The molecule has 0 saturated carbocycles. The van der Waals surface area contributed by atoms with Gasteiger partial charge in [-0.15, -0.1) is 0 Å². The summed E-state index contributed by atoms with van der Waals surface area (Å²) in [5, 5.41) is 10.2. The summed E-state index contributed by atoms with van der Waals surface area (Å²) in [5.41, 5.74) is 1.95. The molecule has 2 aromatic heterocycles. The van der Waals surface area contributed by atoms with E-state index < -0.39 is 0 Å². The Morgan fingerprint density at radius 1 is 1.28 bits per heavy atom. The van der Waals surface area contributed by atoms with Crippen molar-refractivity contribution in [3.8, 4) is 0 Å². The van der Waals surface area contributed by atoms with Crippen LogP contribution in [-0.4, -0.2) is 22.2 Å². The molecule has 6 heteroatoms. The summed E-state index contributed by atoms with van der Waals surface area (Å²) in [6, 6.07) is 1.83. The van der Waals surface area contributed by atoms with Crippen LogP contribution in [0.4, 0.5) is 11.6 Å². The highest BCUT2D eigenvalue weighted by Gasteiger charge is 2.09. The molecular formula is C12H17N5O. The van der Waals surface area contributed by atoms with E-state index in [1.54, 1.807) is 12.6 Å². The van der Waals surface area contributed by atoms with E-state index in [4.69, 9.17) is 4.52 Å². The monoisotopic (exact) mass is 247 g/mol. The molecule has 2 heterocycles. The van der Waals surface area contributed by atoms with Gasteiger partial charge in [-0.3, -0.25) is 0 Å². The van der Waals surface area contributed by atoms with Crippen LogP contribution in [0.15, 0.2) is 23.2 Å². The van der Waals surface area contributed by atoms with Crippen molar-refractivity contribution >= 4 is 11.6 Å². The highest BCUT2D eigenvalue weighted by Crippen LogP contribution is 2.21. The number of anilines is 2. The first-order valence-electron chi connectivity index (χ1n) is 6.00. The largest absolute Gasteiger partial charge is 0.373 e. The topological polar surface area (TPSA) is 75.9 Å². The maximum Gasteiger partial charge on any atom is 0.135 e. The highest BCUT2D eigenvalue weighted by molar-refractivity contribution is 5.57. The van der Waals surface area contributed by atoms with E-state index in [9.17, 15) is 0 Å². The summed E-state index contributed by atoms with van der Waals surface area (Å²) in [6.45, 7) is 2.72. The second-order valence-corrected chi connectivity index (χ2v) is 3.89. The molecule has 0 amide bonds. The van der Waals surface area contributed by atoms with Crippen molar-refractivity contribution in [2.45, 2.75) is 26.3 Å². The van der Waals surface area contributed by atoms with Crippen LogP contribution >= 0.6 is 0 Å². The van der Waals surface area contributed by atoms with Crippen LogP contribution in [0.2, 0.25) is 0 Å². The average molecular weight is 247 g/mol. The molecule has 2 N–H and O–H groups in total. The number of nitrogens with one attached hydrogen (secondary N) is 2. The zero-order chi connectivity index (χ0) is 12.8. The van der Waals surface area contributed by atoms with Gasteiger partial charge < -0.3 is 15.2 Å². The Balaban J connectivity index is 2.15. The first-order chi connectivity index (χ1) is 8.85. The second kappa shape index (κ2) is 6.00. The van der Waals surface area contributed by atoms with Gasteiger partial charge in [0, 0.05) is 18.7 Å². The number of aromatic nitrogens is 3. The van der Waals surface area contributed by atoms with Crippen LogP contribution in [0.25, 0.3) is 0 Å². The average Bonchev–Trinajstić information content (AvgIpc) is 2.91. The second-order valence-electron chi connectivity index (χ2n) is 3.89. The Morgan fingerprint density at radius 3 is 2.78 bits per heavy atom. The SMILES string of the molecule is CCCc1c(NC)ncnc1NCc1ccon1. The molecule has 96 valence electrons. The summed E-state index contributed by atoms with van der Waals surface area (Å²) in [7, 11) is 1.86. The molecule has 0 saturated heterocycles. The van der Waals surface area contributed by atoms with Gasteiger partial charge in [0.1, 0.15) is 29.9 Å². The zero-order valence-electron chi connectivity index (χ0n) is 10.6. The molecule has 2 rings (SSSR count). The molecule has 0 aliphatic heterocycles. The molecule has 0 atom stereocenters. The molecule has 0 unspecified atom stereocenters. The number of nitrogens with zero attached hydrogens (tertiary/aromatic N) is 3. The summed E-state index contributed by atoms with van der Waals surface area (Å²) in [6.07, 6.45) is 5.08. The third kappa shape index (κ3) is 2.77. The van der Waals surface area contributed by atoms with E-state index in [2.05, 4.69) is 32.7 Å². The number of rotatable bonds is 6. The van der Waals surface area contributed by atoms with Crippen LogP contribution in [0.3, 0.4) is 0 Å². The third-order valence-corrected chi connectivity index (χ3v) is 2.61. The standard InChI is InChI=1S/C12H17N5O/c1-3-4-10-11(13-2)15-8-16-12(10)14-7-9-5-6-18-17-9/h5-6,8H,3-4,7H2,1-2H3,(H2,13,14,15,16). The lowest BCUT2D eigenvalue weighted by molar-refractivity contribution is 0.412. The van der Waals surface area contributed by atoms with Gasteiger partial charge in [0.15, 0.2) is 0 Å². The number of hydrogen-bond acceptors (Lipinski definition) is 6. The predicted octanol–water partition coefficient (Wildman–Crippen LogP) is 2.07. The quantitative estimate of drug-likeness (QED) is 0.813. The molecule has 18 heavy (non-hydrogen) atoms. The normalized spacial score (nSPS) is 10.3. The Hall–Kier alpha value is -2.11. The molecule has 0 aliphatic carbocycles. The number of hydrogen-bond donors (Lipinski definition) is 2. The fourth-order valence-corrected chi connectivity index (χ4v) is 1.77. The minimum absolute atomic E-state index is 0.591. The maximum absolute atomic E-state index is 4.79. The smallest absolute Gasteiger partial charge is 0.135 e. The van der Waals surface area contributed by atoms with Crippen LogP contribution < -0.4 is 10.6 Å². The molecule has 0 aliphatic rings. The van der Waals surface area contributed by atoms with E-state index in [1.807, 2.05) is 13.1 Å². The summed E-state index contributed by atoms with van der Waals surface area (Å²) in [4.78, 5) is 8.51. The van der Waals surface area contributed by atoms with E-state index in [0.29, 0.717) is 6.54 Å². The highest BCUT2D eigenvalue weighted by atomic mass is 16.5.